The Hall–Kier alpha value is -1.40. The summed E-state index contributed by atoms with van der Waals surface area (Å²) in [5, 5.41) is 9.67. The third-order valence-corrected chi connectivity index (χ3v) is 3.94. The van der Waals surface area contributed by atoms with Crippen molar-refractivity contribution in [1.29, 1.82) is 0 Å². The zero-order chi connectivity index (χ0) is 15.1. The Morgan fingerprint density at radius 1 is 1.52 bits per heavy atom. The molecule has 0 spiro atoms. The van der Waals surface area contributed by atoms with Crippen molar-refractivity contribution >= 4 is 5.91 Å². The number of ether oxygens (including phenoxy) is 1. The molecule has 0 atom stereocenters. The number of amides is 1. The first-order valence-electron chi connectivity index (χ1n) is 7.81. The lowest BCUT2D eigenvalue weighted by molar-refractivity contribution is 0.0117. The summed E-state index contributed by atoms with van der Waals surface area (Å²) in [5.41, 5.74) is 1.53. The molecule has 0 unspecified atom stereocenters. The SMILES string of the molecule is CCc1[nH]ncc1C(=O)NCCCOC1CCN(C)CC1. The maximum Gasteiger partial charge on any atom is 0.254 e. The minimum Gasteiger partial charge on any atom is -0.378 e. The third-order valence-electron chi connectivity index (χ3n) is 3.94. The average Bonchev–Trinajstić information content (AvgIpc) is 2.97. The Balaban J connectivity index is 1.58. The highest BCUT2D eigenvalue weighted by molar-refractivity contribution is 5.94. The van der Waals surface area contributed by atoms with E-state index < -0.39 is 0 Å². The minimum absolute atomic E-state index is 0.0557. The number of carbonyl (C=O) groups is 1. The summed E-state index contributed by atoms with van der Waals surface area (Å²) in [6.07, 6.45) is 5.82. The highest BCUT2D eigenvalue weighted by atomic mass is 16.5. The molecular formula is C15H26N4O2. The lowest BCUT2D eigenvalue weighted by atomic mass is 10.1. The highest BCUT2D eigenvalue weighted by Crippen LogP contribution is 2.12. The van der Waals surface area contributed by atoms with Crippen LogP contribution in [0.25, 0.3) is 0 Å². The van der Waals surface area contributed by atoms with Gasteiger partial charge in [0.25, 0.3) is 5.91 Å². The Labute approximate surface area is 126 Å². The zero-order valence-electron chi connectivity index (χ0n) is 13.0. The van der Waals surface area contributed by atoms with E-state index in [1.807, 2.05) is 6.92 Å². The number of rotatable bonds is 7. The van der Waals surface area contributed by atoms with E-state index in [2.05, 4.69) is 27.5 Å². The maximum absolute atomic E-state index is 12.0. The minimum atomic E-state index is -0.0557. The van der Waals surface area contributed by atoms with E-state index in [-0.39, 0.29) is 5.91 Å². The molecule has 1 fully saturated rings. The molecule has 1 aromatic heterocycles. The van der Waals surface area contributed by atoms with E-state index in [1.165, 1.54) is 0 Å². The van der Waals surface area contributed by atoms with Crippen LogP contribution in [-0.2, 0) is 11.2 Å². The number of nitrogens with zero attached hydrogens (tertiary/aromatic N) is 2. The van der Waals surface area contributed by atoms with Crippen LogP contribution >= 0.6 is 0 Å². The van der Waals surface area contributed by atoms with Crippen LogP contribution in [0.4, 0.5) is 0 Å². The van der Waals surface area contributed by atoms with Gasteiger partial charge in [-0.1, -0.05) is 6.92 Å². The number of piperidine rings is 1. The summed E-state index contributed by atoms with van der Waals surface area (Å²) < 4.78 is 5.85. The lowest BCUT2D eigenvalue weighted by Gasteiger charge is -2.28. The Bertz CT molecular complexity index is 439. The van der Waals surface area contributed by atoms with Crippen molar-refractivity contribution in [3.63, 3.8) is 0 Å². The van der Waals surface area contributed by atoms with Gasteiger partial charge in [0.05, 0.1) is 17.9 Å². The topological polar surface area (TPSA) is 70.2 Å². The molecule has 6 heteroatoms. The number of carbonyl (C=O) groups excluding carboxylic acids is 1. The molecule has 21 heavy (non-hydrogen) atoms. The number of aromatic amines is 1. The van der Waals surface area contributed by atoms with Gasteiger partial charge in [0.2, 0.25) is 0 Å². The van der Waals surface area contributed by atoms with Crippen LogP contribution in [0.1, 0.15) is 42.2 Å². The number of nitrogens with one attached hydrogen (secondary N) is 2. The van der Waals surface area contributed by atoms with Gasteiger partial charge in [-0.05, 0) is 32.7 Å². The Morgan fingerprint density at radius 2 is 2.29 bits per heavy atom. The van der Waals surface area contributed by atoms with Gasteiger partial charge in [-0.25, -0.2) is 0 Å². The first kappa shape index (κ1) is 16.0. The Morgan fingerprint density at radius 3 is 3.00 bits per heavy atom. The first-order chi connectivity index (χ1) is 10.2. The molecule has 0 bridgehead atoms. The van der Waals surface area contributed by atoms with Gasteiger partial charge in [-0.3, -0.25) is 9.89 Å². The van der Waals surface area contributed by atoms with Crippen molar-refractivity contribution in [2.75, 3.05) is 33.3 Å². The maximum atomic E-state index is 12.0. The predicted molar refractivity (Wildman–Crippen MR) is 81.4 cm³/mol. The highest BCUT2D eigenvalue weighted by Gasteiger charge is 2.16. The molecule has 0 radical (unpaired) electrons. The number of H-pyrrole nitrogens is 1. The van der Waals surface area contributed by atoms with Crippen LogP contribution in [0.5, 0.6) is 0 Å². The standard InChI is InChI=1S/C15H26N4O2/c1-3-14-13(11-17-18-14)15(20)16-7-4-10-21-12-5-8-19(2)9-6-12/h11-12H,3-10H2,1-2H3,(H,16,20)(H,17,18). The van der Waals surface area contributed by atoms with Gasteiger partial charge in [0.1, 0.15) is 0 Å². The molecule has 2 heterocycles. The van der Waals surface area contributed by atoms with Crippen LogP contribution < -0.4 is 5.32 Å². The van der Waals surface area contributed by atoms with Crippen LogP contribution in [-0.4, -0.2) is 60.4 Å². The van der Waals surface area contributed by atoms with Gasteiger partial charge >= 0.3 is 0 Å². The summed E-state index contributed by atoms with van der Waals surface area (Å²) in [5.74, 6) is -0.0557. The fraction of sp³-hybridized carbons (Fsp3) is 0.733. The van der Waals surface area contributed by atoms with Crippen molar-refractivity contribution in [1.82, 2.24) is 20.4 Å². The number of aromatic nitrogens is 2. The third kappa shape index (κ3) is 4.82. The fourth-order valence-electron chi connectivity index (χ4n) is 2.55. The van der Waals surface area contributed by atoms with Crippen molar-refractivity contribution in [2.24, 2.45) is 0 Å². The molecule has 0 aliphatic carbocycles. The molecule has 2 N–H and O–H groups in total. The molecule has 2 rings (SSSR count). The normalized spacial score (nSPS) is 17.0. The van der Waals surface area contributed by atoms with Gasteiger partial charge in [-0.15, -0.1) is 0 Å². The monoisotopic (exact) mass is 294 g/mol. The van der Waals surface area contributed by atoms with Crippen molar-refractivity contribution in [3.8, 4) is 0 Å². The van der Waals surface area contributed by atoms with Crippen LogP contribution in [0.15, 0.2) is 6.20 Å². The van der Waals surface area contributed by atoms with Crippen molar-refractivity contribution in [2.45, 2.75) is 38.7 Å². The molecule has 1 aromatic rings. The number of hydrogen-bond acceptors (Lipinski definition) is 4. The first-order valence-corrected chi connectivity index (χ1v) is 7.81. The second-order valence-electron chi connectivity index (χ2n) is 5.60. The second kappa shape index (κ2) is 8.14. The lowest BCUT2D eigenvalue weighted by Crippen LogP contribution is -2.34. The summed E-state index contributed by atoms with van der Waals surface area (Å²) >= 11 is 0. The van der Waals surface area contributed by atoms with E-state index in [0.29, 0.717) is 24.8 Å². The summed E-state index contributed by atoms with van der Waals surface area (Å²) in [4.78, 5) is 14.3. The fourth-order valence-corrected chi connectivity index (χ4v) is 2.55. The van der Waals surface area contributed by atoms with E-state index in [1.54, 1.807) is 6.20 Å². The molecule has 1 aliphatic rings. The molecule has 1 aliphatic heterocycles. The molecular weight excluding hydrogens is 268 g/mol. The van der Waals surface area contributed by atoms with Crippen LogP contribution in [0.2, 0.25) is 0 Å². The molecule has 0 saturated carbocycles. The average molecular weight is 294 g/mol. The van der Waals surface area contributed by atoms with Crippen molar-refractivity contribution in [3.05, 3.63) is 17.5 Å². The quantitative estimate of drug-likeness (QED) is 0.741. The molecule has 6 nitrogen and oxygen atoms in total. The van der Waals surface area contributed by atoms with E-state index in [4.69, 9.17) is 4.74 Å². The van der Waals surface area contributed by atoms with Gasteiger partial charge in [0.15, 0.2) is 0 Å². The van der Waals surface area contributed by atoms with Gasteiger partial charge < -0.3 is 15.0 Å². The Kier molecular flexibility index (Phi) is 6.20. The summed E-state index contributed by atoms with van der Waals surface area (Å²) in [6, 6.07) is 0. The van der Waals surface area contributed by atoms with E-state index >= 15 is 0 Å². The largest absolute Gasteiger partial charge is 0.378 e. The number of aryl methyl sites for hydroxylation is 1. The van der Waals surface area contributed by atoms with Crippen LogP contribution in [0, 0.1) is 0 Å². The molecule has 1 amide bonds. The molecule has 0 aromatic carbocycles. The smallest absolute Gasteiger partial charge is 0.254 e. The number of likely N-dealkylation sites (tertiary alicyclic amines) is 1. The zero-order valence-corrected chi connectivity index (χ0v) is 13.0. The predicted octanol–water partition coefficient (Wildman–Crippen LogP) is 1.20. The number of hydrogen-bond donors (Lipinski definition) is 2. The van der Waals surface area contributed by atoms with Crippen molar-refractivity contribution < 1.29 is 9.53 Å². The van der Waals surface area contributed by atoms with Gasteiger partial charge in [-0.2, -0.15) is 5.10 Å². The van der Waals surface area contributed by atoms with Gasteiger partial charge in [0, 0.05) is 31.9 Å². The summed E-state index contributed by atoms with van der Waals surface area (Å²) in [6.45, 7) is 5.57. The summed E-state index contributed by atoms with van der Waals surface area (Å²) in [7, 11) is 2.15. The molecule has 1 saturated heterocycles. The van der Waals surface area contributed by atoms with E-state index in [9.17, 15) is 4.79 Å². The van der Waals surface area contributed by atoms with E-state index in [0.717, 1.165) is 44.5 Å². The second-order valence-corrected chi connectivity index (χ2v) is 5.60. The van der Waals surface area contributed by atoms with Crippen LogP contribution in [0.3, 0.4) is 0 Å². The molecule has 118 valence electrons.